The number of aliphatic imine (C=N–C) groups is 1. The Balaban J connectivity index is 0.00000300. The molecule has 0 spiro atoms. The SMILES string of the molecule is CN=C(NCCCn1cccn1)NCC(Cc1ccccc1)c1ccccc1.I. The Kier molecular flexibility index (Phi) is 10.3. The van der Waals surface area contributed by atoms with Crippen molar-refractivity contribution in [3.8, 4) is 0 Å². The molecule has 0 fully saturated rings. The van der Waals surface area contributed by atoms with Crippen molar-refractivity contribution in [2.24, 2.45) is 4.99 Å². The molecule has 0 amide bonds. The highest BCUT2D eigenvalue weighted by atomic mass is 127. The Labute approximate surface area is 190 Å². The van der Waals surface area contributed by atoms with E-state index >= 15 is 0 Å². The van der Waals surface area contributed by atoms with E-state index in [1.807, 2.05) is 30.2 Å². The molecular weight excluding hydrogens is 473 g/mol. The number of nitrogens with zero attached hydrogens (tertiary/aromatic N) is 3. The molecule has 0 saturated carbocycles. The molecule has 2 aromatic carbocycles. The molecule has 154 valence electrons. The van der Waals surface area contributed by atoms with Gasteiger partial charge in [-0.05, 0) is 30.0 Å². The van der Waals surface area contributed by atoms with Gasteiger partial charge in [0.1, 0.15) is 0 Å². The molecule has 3 rings (SSSR count). The van der Waals surface area contributed by atoms with Crippen molar-refractivity contribution in [1.82, 2.24) is 20.4 Å². The van der Waals surface area contributed by atoms with Crippen LogP contribution in [0.1, 0.15) is 23.5 Å². The molecule has 1 heterocycles. The Morgan fingerprint density at radius 3 is 2.38 bits per heavy atom. The Morgan fingerprint density at radius 1 is 1.00 bits per heavy atom. The van der Waals surface area contributed by atoms with Crippen molar-refractivity contribution in [2.75, 3.05) is 20.1 Å². The summed E-state index contributed by atoms with van der Waals surface area (Å²) in [4.78, 5) is 4.37. The number of aromatic nitrogens is 2. The minimum Gasteiger partial charge on any atom is -0.356 e. The molecule has 0 saturated heterocycles. The highest BCUT2D eigenvalue weighted by Gasteiger charge is 2.13. The van der Waals surface area contributed by atoms with Crippen LogP contribution < -0.4 is 10.6 Å². The fourth-order valence-electron chi connectivity index (χ4n) is 3.25. The number of hydrogen-bond acceptors (Lipinski definition) is 2. The summed E-state index contributed by atoms with van der Waals surface area (Å²) in [5, 5.41) is 11.1. The lowest BCUT2D eigenvalue weighted by atomic mass is 9.92. The number of rotatable bonds is 9. The number of aryl methyl sites for hydroxylation is 1. The molecule has 1 unspecified atom stereocenters. The summed E-state index contributed by atoms with van der Waals surface area (Å²) < 4.78 is 1.95. The molecule has 2 N–H and O–H groups in total. The number of nitrogens with one attached hydrogen (secondary N) is 2. The van der Waals surface area contributed by atoms with Crippen molar-refractivity contribution >= 4 is 29.9 Å². The highest BCUT2D eigenvalue weighted by Crippen LogP contribution is 2.20. The maximum Gasteiger partial charge on any atom is 0.190 e. The molecule has 3 aromatic rings. The summed E-state index contributed by atoms with van der Waals surface area (Å²) in [5.74, 6) is 1.22. The molecular formula is C23H30IN5. The average Bonchev–Trinajstić information content (AvgIpc) is 3.27. The Bertz CT molecular complexity index is 819. The van der Waals surface area contributed by atoms with Crippen LogP contribution in [0.2, 0.25) is 0 Å². The Hall–Kier alpha value is -2.35. The molecule has 1 atom stereocenters. The van der Waals surface area contributed by atoms with E-state index in [9.17, 15) is 0 Å². The van der Waals surface area contributed by atoms with Crippen molar-refractivity contribution in [3.63, 3.8) is 0 Å². The van der Waals surface area contributed by atoms with Gasteiger partial charge in [-0.2, -0.15) is 5.10 Å². The highest BCUT2D eigenvalue weighted by molar-refractivity contribution is 14.0. The van der Waals surface area contributed by atoms with E-state index in [4.69, 9.17) is 0 Å². The summed E-state index contributed by atoms with van der Waals surface area (Å²) in [6, 6.07) is 23.3. The second-order valence-corrected chi connectivity index (χ2v) is 6.80. The lowest BCUT2D eigenvalue weighted by Gasteiger charge is -2.20. The van der Waals surface area contributed by atoms with Crippen LogP contribution in [0, 0.1) is 0 Å². The zero-order chi connectivity index (χ0) is 19.4. The zero-order valence-electron chi connectivity index (χ0n) is 16.9. The molecule has 0 bridgehead atoms. The number of benzene rings is 2. The minimum atomic E-state index is 0. The maximum absolute atomic E-state index is 4.37. The second kappa shape index (κ2) is 13.0. The number of guanidine groups is 1. The van der Waals surface area contributed by atoms with Crippen LogP contribution in [-0.2, 0) is 13.0 Å². The van der Waals surface area contributed by atoms with Crippen molar-refractivity contribution in [2.45, 2.75) is 25.3 Å². The summed E-state index contributed by atoms with van der Waals surface area (Å²) >= 11 is 0. The van der Waals surface area contributed by atoms with Gasteiger partial charge in [0, 0.05) is 45.0 Å². The first-order valence-corrected chi connectivity index (χ1v) is 9.86. The van der Waals surface area contributed by atoms with E-state index in [1.54, 1.807) is 0 Å². The van der Waals surface area contributed by atoms with E-state index in [0.29, 0.717) is 5.92 Å². The quantitative estimate of drug-likeness (QED) is 0.200. The predicted octanol–water partition coefficient (Wildman–Crippen LogP) is 4.08. The third-order valence-corrected chi connectivity index (χ3v) is 4.75. The van der Waals surface area contributed by atoms with Crippen LogP contribution in [0.15, 0.2) is 84.1 Å². The standard InChI is InChI=1S/C23H29N5.HI/c1-24-23(25-14-8-16-28-17-9-15-27-28)26-19-22(21-12-6-3-7-13-21)18-20-10-4-2-5-11-20;/h2-7,9-13,15,17,22H,8,14,16,18-19H2,1H3,(H2,24,25,26);1H. The normalized spacial score (nSPS) is 12.1. The number of hydrogen-bond donors (Lipinski definition) is 2. The van der Waals surface area contributed by atoms with Crippen LogP contribution in [-0.4, -0.2) is 35.9 Å². The van der Waals surface area contributed by atoms with Crippen LogP contribution in [0.25, 0.3) is 0 Å². The fourth-order valence-corrected chi connectivity index (χ4v) is 3.25. The van der Waals surface area contributed by atoms with Gasteiger partial charge in [0.15, 0.2) is 5.96 Å². The first kappa shape index (κ1) is 22.9. The summed E-state index contributed by atoms with van der Waals surface area (Å²) in [6.45, 7) is 2.59. The predicted molar refractivity (Wildman–Crippen MR) is 131 cm³/mol. The topological polar surface area (TPSA) is 54.2 Å². The summed E-state index contributed by atoms with van der Waals surface area (Å²) in [7, 11) is 1.82. The molecule has 0 aliphatic rings. The van der Waals surface area contributed by atoms with Crippen LogP contribution >= 0.6 is 24.0 Å². The first-order valence-electron chi connectivity index (χ1n) is 9.86. The molecule has 0 aliphatic heterocycles. The molecule has 29 heavy (non-hydrogen) atoms. The van der Waals surface area contributed by atoms with Gasteiger partial charge in [0.05, 0.1) is 0 Å². The lowest BCUT2D eigenvalue weighted by Crippen LogP contribution is -2.40. The van der Waals surface area contributed by atoms with Gasteiger partial charge in [-0.15, -0.1) is 24.0 Å². The lowest BCUT2D eigenvalue weighted by molar-refractivity contribution is 0.568. The monoisotopic (exact) mass is 503 g/mol. The second-order valence-electron chi connectivity index (χ2n) is 6.80. The van der Waals surface area contributed by atoms with E-state index < -0.39 is 0 Å². The molecule has 1 aromatic heterocycles. The van der Waals surface area contributed by atoms with Crippen molar-refractivity contribution in [1.29, 1.82) is 0 Å². The molecule has 6 heteroatoms. The molecule has 5 nitrogen and oxygen atoms in total. The van der Waals surface area contributed by atoms with Gasteiger partial charge < -0.3 is 10.6 Å². The van der Waals surface area contributed by atoms with E-state index in [1.165, 1.54) is 11.1 Å². The van der Waals surface area contributed by atoms with E-state index in [2.05, 4.69) is 81.4 Å². The third-order valence-electron chi connectivity index (χ3n) is 4.75. The largest absolute Gasteiger partial charge is 0.356 e. The minimum absolute atomic E-state index is 0. The van der Waals surface area contributed by atoms with E-state index in [0.717, 1.165) is 38.4 Å². The van der Waals surface area contributed by atoms with Gasteiger partial charge in [-0.3, -0.25) is 9.67 Å². The van der Waals surface area contributed by atoms with Gasteiger partial charge in [0.25, 0.3) is 0 Å². The van der Waals surface area contributed by atoms with Crippen LogP contribution in [0.3, 0.4) is 0 Å². The molecule has 0 aliphatic carbocycles. The third kappa shape index (κ3) is 7.89. The van der Waals surface area contributed by atoms with Gasteiger partial charge in [-0.25, -0.2) is 0 Å². The van der Waals surface area contributed by atoms with Gasteiger partial charge >= 0.3 is 0 Å². The van der Waals surface area contributed by atoms with E-state index in [-0.39, 0.29) is 24.0 Å². The fraction of sp³-hybridized carbons (Fsp3) is 0.304. The first-order chi connectivity index (χ1) is 13.8. The summed E-state index contributed by atoms with van der Waals surface area (Å²) in [6.07, 6.45) is 5.79. The van der Waals surface area contributed by atoms with Crippen molar-refractivity contribution < 1.29 is 0 Å². The van der Waals surface area contributed by atoms with Crippen LogP contribution in [0.4, 0.5) is 0 Å². The van der Waals surface area contributed by atoms with Crippen LogP contribution in [0.5, 0.6) is 0 Å². The number of halogens is 1. The van der Waals surface area contributed by atoms with Gasteiger partial charge in [0.2, 0.25) is 0 Å². The van der Waals surface area contributed by atoms with Gasteiger partial charge in [-0.1, -0.05) is 60.7 Å². The zero-order valence-corrected chi connectivity index (χ0v) is 19.2. The molecule has 0 radical (unpaired) electrons. The average molecular weight is 503 g/mol. The summed E-state index contributed by atoms with van der Waals surface area (Å²) in [5.41, 5.74) is 2.69. The maximum atomic E-state index is 4.37. The van der Waals surface area contributed by atoms with Crippen molar-refractivity contribution in [3.05, 3.63) is 90.3 Å². The smallest absolute Gasteiger partial charge is 0.190 e. The Morgan fingerprint density at radius 2 is 1.72 bits per heavy atom.